The Morgan fingerprint density at radius 3 is 2.77 bits per heavy atom. The highest BCUT2D eigenvalue weighted by molar-refractivity contribution is 4.77. The van der Waals surface area contributed by atoms with E-state index in [4.69, 9.17) is 0 Å². The van der Waals surface area contributed by atoms with Crippen LogP contribution in [-0.2, 0) is 0 Å². The maximum Gasteiger partial charge on any atom is 0.00926 e. The highest BCUT2D eigenvalue weighted by atomic mass is 14.9. The van der Waals surface area contributed by atoms with Crippen LogP contribution in [-0.4, -0.2) is 12.6 Å². The Hall–Kier alpha value is -0.0400. The number of piperidine rings is 1. The van der Waals surface area contributed by atoms with Crippen molar-refractivity contribution in [3.05, 3.63) is 0 Å². The second kappa shape index (κ2) is 6.42. The average Bonchev–Trinajstić information content (AvgIpc) is 2.15. The molecule has 1 fully saturated rings. The van der Waals surface area contributed by atoms with Crippen LogP contribution in [0.4, 0.5) is 0 Å². The molecule has 0 aromatic heterocycles. The van der Waals surface area contributed by atoms with Gasteiger partial charge in [0.2, 0.25) is 0 Å². The third-order valence-corrected chi connectivity index (χ3v) is 3.30. The molecule has 0 spiro atoms. The lowest BCUT2D eigenvalue weighted by atomic mass is 9.89. The van der Waals surface area contributed by atoms with Gasteiger partial charge in [0.1, 0.15) is 0 Å². The maximum atomic E-state index is 3.65. The number of hydrogen-bond acceptors (Lipinski definition) is 1. The predicted octanol–water partition coefficient (Wildman–Crippen LogP) is 3.34. The molecule has 78 valence electrons. The van der Waals surface area contributed by atoms with Gasteiger partial charge in [0.15, 0.2) is 0 Å². The number of hydrogen-bond donors (Lipinski definition) is 1. The Morgan fingerprint density at radius 1 is 1.23 bits per heavy atom. The molecule has 1 rings (SSSR count). The predicted molar refractivity (Wildman–Crippen MR) is 58.9 cm³/mol. The Balaban J connectivity index is 2.05. The Labute approximate surface area is 83.3 Å². The normalized spacial score (nSPS) is 29.1. The van der Waals surface area contributed by atoms with Gasteiger partial charge in [-0.15, -0.1) is 0 Å². The highest BCUT2D eigenvalue weighted by Gasteiger charge is 2.19. The van der Waals surface area contributed by atoms with E-state index in [0.717, 1.165) is 12.0 Å². The third-order valence-electron chi connectivity index (χ3n) is 3.30. The van der Waals surface area contributed by atoms with Crippen LogP contribution in [0.5, 0.6) is 0 Å². The van der Waals surface area contributed by atoms with Crippen LogP contribution in [0.3, 0.4) is 0 Å². The monoisotopic (exact) mass is 183 g/mol. The summed E-state index contributed by atoms with van der Waals surface area (Å²) in [5.74, 6) is 0.912. The summed E-state index contributed by atoms with van der Waals surface area (Å²) >= 11 is 0. The zero-order chi connectivity index (χ0) is 9.52. The molecule has 0 radical (unpaired) electrons. The van der Waals surface area contributed by atoms with Gasteiger partial charge in [-0.25, -0.2) is 0 Å². The summed E-state index contributed by atoms with van der Waals surface area (Å²) in [5.41, 5.74) is 0. The summed E-state index contributed by atoms with van der Waals surface area (Å²) in [6.07, 6.45) is 9.85. The van der Waals surface area contributed by atoms with Crippen molar-refractivity contribution in [3.63, 3.8) is 0 Å². The van der Waals surface area contributed by atoms with E-state index in [1.165, 1.54) is 51.5 Å². The fraction of sp³-hybridized carbons (Fsp3) is 1.00. The minimum atomic E-state index is 0.825. The summed E-state index contributed by atoms with van der Waals surface area (Å²) in [5, 5.41) is 3.65. The van der Waals surface area contributed by atoms with Gasteiger partial charge in [-0.3, -0.25) is 0 Å². The molecule has 2 atom stereocenters. The zero-order valence-electron chi connectivity index (χ0n) is 9.31. The van der Waals surface area contributed by atoms with Gasteiger partial charge in [-0.2, -0.15) is 0 Å². The van der Waals surface area contributed by atoms with Gasteiger partial charge in [0.25, 0.3) is 0 Å². The van der Waals surface area contributed by atoms with Gasteiger partial charge in [-0.1, -0.05) is 39.5 Å². The topological polar surface area (TPSA) is 12.0 Å². The summed E-state index contributed by atoms with van der Waals surface area (Å²) in [6.45, 7) is 5.93. The van der Waals surface area contributed by atoms with Gasteiger partial charge in [0, 0.05) is 6.04 Å². The maximum absolute atomic E-state index is 3.65. The van der Waals surface area contributed by atoms with E-state index in [-0.39, 0.29) is 0 Å². The molecule has 1 N–H and O–H groups in total. The molecule has 1 aliphatic heterocycles. The molecule has 0 aromatic rings. The number of nitrogens with one attached hydrogen (secondary N) is 1. The molecule has 1 heterocycles. The van der Waals surface area contributed by atoms with Crippen molar-refractivity contribution >= 4 is 0 Å². The molecule has 0 aliphatic carbocycles. The first-order chi connectivity index (χ1) is 6.34. The Morgan fingerprint density at radius 2 is 2.08 bits per heavy atom. The summed E-state index contributed by atoms with van der Waals surface area (Å²) in [7, 11) is 0. The summed E-state index contributed by atoms with van der Waals surface area (Å²) < 4.78 is 0. The molecule has 0 amide bonds. The largest absolute Gasteiger partial charge is 0.314 e. The minimum absolute atomic E-state index is 0.825. The SMILES string of the molecule is CCCCCCC1NCCCC1C. The lowest BCUT2D eigenvalue weighted by Gasteiger charge is -2.30. The lowest BCUT2D eigenvalue weighted by Crippen LogP contribution is -2.39. The Kier molecular flexibility index (Phi) is 5.45. The molecule has 0 bridgehead atoms. The van der Waals surface area contributed by atoms with Crippen molar-refractivity contribution in [2.45, 2.75) is 64.8 Å². The van der Waals surface area contributed by atoms with E-state index in [2.05, 4.69) is 19.2 Å². The van der Waals surface area contributed by atoms with Gasteiger partial charge in [-0.05, 0) is 31.7 Å². The van der Waals surface area contributed by atoms with Crippen molar-refractivity contribution in [2.75, 3.05) is 6.54 Å². The van der Waals surface area contributed by atoms with Crippen LogP contribution in [0, 0.1) is 5.92 Å². The number of rotatable bonds is 5. The van der Waals surface area contributed by atoms with Crippen molar-refractivity contribution in [1.82, 2.24) is 5.32 Å². The quantitative estimate of drug-likeness (QED) is 0.645. The van der Waals surface area contributed by atoms with E-state index in [1.807, 2.05) is 0 Å². The zero-order valence-corrected chi connectivity index (χ0v) is 9.31. The van der Waals surface area contributed by atoms with E-state index in [0.29, 0.717) is 0 Å². The first-order valence-electron chi connectivity index (χ1n) is 6.08. The highest BCUT2D eigenvalue weighted by Crippen LogP contribution is 2.20. The van der Waals surface area contributed by atoms with Crippen LogP contribution < -0.4 is 5.32 Å². The second-order valence-corrected chi connectivity index (χ2v) is 4.53. The van der Waals surface area contributed by atoms with Crippen molar-refractivity contribution < 1.29 is 0 Å². The standard InChI is InChI=1S/C12H25N/c1-3-4-5-6-9-12-11(2)8-7-10-13-12/h11-13H,3-10H2,1-2H3. The average molecular weight is 183 g/mol. The van der Waals surface area contributed by atoms with Crippen LogP contribution in [0.2, 0.25) is 0 Å². The van der Waals surface area contributed by atoms with Gasteiger partial charge in [0.05, 0.1) is 0 Å². The molecular weight excluding hydrogens is 158 g/mol. The smallest absolute Gasteiger partial charge is 0.00926 e. The van der Waals surface area contributed by atoms with E-state index >= 15 is 0 Å². The first-order valence-corrected chi connectivity index (χ1v) is 6.08. The van der Waals surface area contributed by atoms with Crippen LogP contribution in [0.1, 0.15) is 58.8 Å². The molecular formula is C12H25N. The van der Waals surface area contributed by atoms with Crippen molar-refractivity contribution in [1.29, 1.82) is 0 Å². The van der Waals surface area contributed by atoms with Crippen LogP contribution in [0.25, 0.3) is 0 Å². The second-order valence-electron chi connectivity index (χ2n) is 4.53. The van der Waals surface area contributed by atoms with Crippen LogP contribution in [0.15, 0.2) is 0 Å². The molecule has 1 nitrogen and oxygen atoms in total. The first kappa shape index (κ1) is 11.0. The lowest BCUT2D eigenvalue weighted by molar-refractivity contribution is 0.280. The van der Waals surface area contributed by atoms with Crippen LogP contribution >= 0.6 is 0 Å². The molecule has 0 saturated carbocycles. The van der Waals surface area contributed by atoms with Crippen molar-refractivity contribution in [3.8, 4) is 0 Å². The van der Waals surface area contributed by atoms with E-state index in [1.54, 1.807) is 0 Å². The van der Waals surface area contributed by atoms with E-state index < -0.39 is 0 Å². The van der Waals surface area contributed by atoms with E-state index in [9.17, 15) is 0 Å². The third kappa shape index (κ3) is 4.12. The fourth-order valence-corrected chi connectivity index (χ4v) is 2.29. The minimum Gasteiger partial charge on any atom is -0.314 e. The summed E-state index contributed by atoms with van der Waals surface area (Å²) in [4.78, 5) is 0. The Bertz CT molecular complexity index is 122. The van der Waals surface area contributed by atoms with Gasteiger partial charge >= 0.3 is 0 Å². The molecule has 2 unspecified atom stereocenters. The molecule has 1 saturated heterocycles. The van der Waals surface area contributed by atoms with Gasteiger partial charge < -0.3 is 5.32 Å². The fourth-order valence-electron chi connectivity index (χ4n) is 2.29. The summed E-state index contributed by atoms with van der Waals surface area (Å²) in [6, 6.07) is 0.825. The van der Waals surface area contributed by atoms with Crippen molar-refractivity contribution in [2.24, 2.45) is 5.92 Å². The molecule has 1 heteroatoms. The molecule has 0 aromatic carbocycles. The molecule has 13 heavy (non-hydrogen) atoms. The number of unbranched alkanes of at least 4 members (excludes halogenated alkanes) is 3. The molecule has 1 aliphatic rings.